The van der Waals surface area contributed by atoms with Gasteiger partial charge in [0, 0.05) is 6.42 Å². The summed E-state index contributed by atoms with van der Waals surface area (Å²) in [4.78, 5) is 23.5. The van der Waals surface area contributed by atoms with Gasteiger partial charge in [0.15, 0.2) is 0 Å². The lowest BCUT2D eigenvalue weighted by atomic mass is 10.0. The Labute approximate surface area is 584 Å². The monoisotopic (exact) mass is 1330 g/mol. The van der Waals surface area contributed by atoms with Gasteiger partial charge >= 0.3 is 7.82 Å². The lowest BCUT2D eigenvalue weighted by Gasteiger charge is -2.26. The maximum absolute atomic E-state index is 13.1. The lowest BCUT2D eigenvalue weighted by Crippen LogP contribution is -2.46. The van der Waals surface area contributed by atoms with E-state index in [9.17, 15) is 19.4 Å². The second-order valence-electron chi connectivity index (χ2n) is 28.1. The third-order valence-corrected chi connectivity index (χ3v) is 18.7. The predicted octanol–water partition coefficient (Wildman–Crippen LogP) is 26.3. The second-order valence-corrected chi connectivity index (χ2v) is 29.5. The number of hydrogen-bond acceptors (Lipinski definition) is 5. The van der Waals surface area contributed by atoms with Crippen LogP contribution in [0.15, 0.2) is 122 Å². The molecule has 0 radical (unpaired) electrons. The Morgan fingerprint density at radius 1 is 0.372 bits per heavy atom. The van der Waals surface area contributed by atoms with Gasteiger partial charge in [-0.3, -0.25) is 13.8 Å². The average Bonchev–Trinajstić information content (AvgIpc) is 1.77. The number of nitrogens with one attached hydrogen (secondary N) is 1. The molecule has 0 aliphatic heterocycles. The number of carbonyl (C=O) groups is 1. The summed E-state index contributed by atoms with van der Waals surface area (Å²) >= 11 is 0. The SMILES string of the molecule is CC/C=C\C/C=C\C/C=C\C/C=C\C/C=C\C/C=C\C/C=C\C/C=C\C/C=C\C/C=C\CCCCCCCCCCCCC(=O)NC(COP(=O)(O)OCC[N+](C)(C)C)C(O)CCCCCCCCCCCCCCCCCCCCCCCCCCCCCCCCC. The smallest absolute Gasteiger partial charge is 0.391 e. The number of nitrogens with zero attached hydrogens (tertiary/aromatic N) is 1. The molecule has 0 saturated carbocycles. The first-order valence-corrected chi connectivity index (χ1v) is 41.4. The molecule has 544 valence electrons. The van der Waals surface area contributed by atoms with Gasteiger partial charge in [0.25, 0.3) is 0 Å². The second kappa shape index (κ2) is 74.1. The minimum atomic E-state index is -4.34. The number of quaternary nitrogens is 1. The first-order chi connectivity index (χ1) is 46.0. The molecule has 0 fully saturated rings. The standard InChI is InChI=1S/C85H153N2O6P/c1-6-8-10-12-14-16-18-20-22-24-26-28-30-32-34-36-38-39-40-41-42-43-44-45-46-47-49-51-53-55-57-59-61-63-65-67-69-71-73-75-77-79-85(89)86-83(82-93-94(90,91)92-81-80-87(3,4)5)84(88)78-76-74-72-70-68-66-64-62-60-58-56-54-52-50-48-37-35-33-31-29-27-25-23-21-19-17-15-13-11-9-7-2/h8,10,14,16,20,22,26,28,32,34,38-39,41-42,44-45,47,49,53,55,83-84,88H,6-7,9,11-13,15,17-19,21,23-25,27,29-31,33,35-37,40,43,46,48,50-52,54,56-82H2,1-5H3,(H-,86,89,90,91)/p+1/b10-8-,16-14-,22-20-,28-26-,34-32-,39-38-,42-41-,45-44-,49-47-,55-53-. The molecule has 94 heavy (non-hydrogen) atoms. The zero-order valence-electron chi connectivity index (χ0n) is 62.4. The van der Waals surface area contributed by atoms with Crippen molar-refractivity contribution in [1.29, 1.82) is 0 Å². The predicted molar refractivity (Wildman–Crippen MR) is 415 cm³/mol. The molecular weight excluding hydrogens is 1180 g/mol. The van der Waals surface area contributed by atoms with Gasteiger partial charge < -0.3 is 19.8 Å². The summed E-state index contributed by atoms with van der Waals surface area (Å²) in [6.45, 7) is 4.81. The fourth-order valence-electron chi connectivity index (χ4n) is 11.6. The van der Waals surface area contributed by atoms with Crippen molar-refractivity contribution in [3.8, 4) is 0 Å². The molecule has 0 bridgehead atoms. The van der Waals surface area contributed by atoms with Crippen molar-refractivity contribution < 1.29 is 32.9 Å². The van der Waals surface area contributed by atoms with E-state index in [0.717, 1.165) is 109 Å². The summed E-state index contributed by atoms with van der Waals surface area (Å²) in [5, 5.41) is 14.2. The number of allylic oxidation sites excluding steroid dienone is 20. The molecule has 0 aliphatic rings. The minimum absolute atomic E-state index is 0.0697. The number of aliphatic hydroxyl groups is 1. The number of phosphoric ester groups is 1. The molecule has 0 heterocycles. The number of carbonyl (C=O) groups excluding carboxylic acids is 1. The summed E-state index contributed by atoms with van der Waals surface area (Å²) in [7, 11) is 1.61. The summed E-state index contributed by atoms with van der Waals surface area (Å²) in [5.41, 5.74) is 0. The Balaban J connectivity index is 4.03. The molecule has 1 amide bonds. The zero-order chi connectivity index (χ0) is 68.3. The van der Waals surface area contributed by atoms with Gasteiger partial charge in [-0.2, -0.15) is 0 Å². The molecule has 0 aliphatic carbocycles. The van der Waals surface area contributed by atoms with E-state index in [1.54, 1.807) is 0 Å². The maximum atomic E-state index is 13.1. The van der Waals surface area contributed by atoms with Crippen molar-refractivity contribution in [2.75, 3.05) is 40.9 Å². The zero-order valence-corrected chi connectivity index (χ0v) is 63.3. The number of phosphoric acid groups is 1. The molecule has 0 rings (SSSR count). The Hall–Kier alpha value is -3.10. The first kappa shape index (κ1) is 90.9. The number of likely N-dealkylation sites (N-methyl/N-ethyl adjacent to an activating group) is 1. The van der Waals surface area contributed by atoms with Crippen LogP contribution in [0.25, 0.3) is 0 Å². The highest BCUT2D eigenvalue weighted by atomic mass is 31.2. The molecule has 0 aromatic carbocycles. The lowest BCUT2D eigenvalue weighted by molar-refractivity contribution is -0.870. The van der Waals surface area contributed by atoms with Crippen LogP contribution in [0.1, 0.15) is 361 Å². The van der Waals surface area contributed by atoms with Crippen molar-refractivity contribution in [3.63, 3.8) is 0 Å². The van der Waals surface area contributed by atoms with Gasteiger partial charge in [-0.15, -0.1) is 0 Å². The van der Waals surface area contributed by atoms with Crippen molar-refractivity contribution in [2.24, 2.45) is 0 Å². The largest absolute Gasteiger partial charge is 0.472 e. The first-order valence-electron chi connectivity index (χ1n) is 39.9. The molecular formula is C85H154N2O6P+. The van der Waals surface area contributed by atoms with Gasteiger partial charge in [0.1, 0.15) is 13.2 Å². The van der Waals surface area contributed by atoms with E-state index in [4.69, 9.17) is 9.05 Å². The van der Waals surface area contributed by atoms with E-state index in [0.29, 0.717) is 23.9 Å². The van der Waals surface area contributed by atoms with Crippen LogP contribution in [-0.4, -0.2) is 73.4 Å². The van der Waals surface area contributed by atoms with E-state index in [1.165, 1.54) is 225 Å². The molecule has 0 saturated heterocycles. The average molecular weight is 1330 g/mol. The van der Waals surface area contributed by atoms with Crippen LogP contribution >= 0.6 is 7.82 Å². The summed E-state index contributed by atoms with van der Waals surface area (Å²) < 4.78 is 24.0. The number of unbranched alkanes of at least 4 members (excludes halogenated alkanes) is 40. The van der Waals surface area contributed by atoms with Crippen LogP contribution in [0, 0.1) is 0 Å². The van der Waals surface area contributed by atoms with Crippen LogP contribution < -0.4 is 5.32 Å². The van der Waals surface area contributed by atoms with Crippen LogP contribution in [0.2, 0.25) is 0 Å². The fourth-order valence-corrected chi connectivity index (χ4v) is 12.3. The highest BCUT2D eigenvalue weighted by Gasteiger charge is 2.28. The molecule has 3 unspecified atom stereocenters. The van der Waals surface area contributed by atoms with Gasteiger partial charge in [-0.05, 0) is 89.9 Å². The summed E-state index contributed by atoms with van der Waals surface area (Å²) in [5.74, 6) is -0.148. The Morgan fingerprint density at radius 2 is 0.638 bits per heavy atom. The topological polar surface area (TPSA) is 105 Å². The van der Waals surface area contributed by atoms with Crippen LogP contribution in [-0.2, 0) is 18.4 Å². The van der Waals surface area contributed by atoms with Crippen LogP contribution in [0.3, 0.4) is 0 Å². The van der Waals surface area contributed by atoms with Crippen molar-refractivity contribution in [2.45, 2.75) is 373 Å². The third kappa shape index (κ3) is 76.3. The summed E-state index contributed by atoms with van der Waals surface area (Å²) in [6.07, 6.45) is 110. The molecule has 0 aromatic heterocycles. The number of amides is 1. The van der Waals surface area contributed by atoms with Crippen molar-refractivity contribution in [1.82, 2.24) is 5.32 Å². The van der Waals surface area contributed by atoms with Crippen molar-refractivity contribution >= 4 is 13.7 Å². The quantitative estimate of drug-likeness (QED) is 0.0243. The van der Waals surface area contributed by atoms with E-state index in [1.807, 2.05) is 21.1 Å². The highest BCUT2D eigenvalue weighted by molar-refractivity contribution is 7.47. The number of rotatable bonds is 73. The van der Waals surface area contributed by atoms with E-state index < -0.39 is 20.0 Å². The third-order valence-electron chi connectivity index (χ3n) is 17.7. The molecule has 0 aromatic rings. The molecule has 0 spiro atoms. The van der Waals surface area contributed by atoms with E-state index in [2.05, 4.69) is 141 Å². The van der Waals surface area contributed by atoms with Crippen molar-refractivity contribution in [3.05, 3.63) is 122 Å². The van der Waals surface area contributed by atoms with Crippen LogP contribution in [0.5, 0.6) is 0 Å². The summed E-state index contributed by atoms with van der Waals surface area (Å²) in [6, 6.07) is -0.773. The molecule has 8 nitrogen and oxygen atoms in total. The fraction of sp³-hybridized carbons (Fsp3) is 0.753. The molecule has 3 atom stereocenters. The van der Waals surface area contributed by atoms with Crippen LogP contribution in [0.4, 0.5) is 0 Å². The van der Waals surface area contributed by atoms with Gasteiger partial charge in [-0.1, -0.05) is 386 Å². The Morgan fingerprint density at radius 3 is 0.936 bits per heavy atom. The Bertz CT molecular complexity index is 1960. The molecule has 3 N–H and O–H groups in total. The Kier molecular flexibility index (Phi) is 71.7. The number of hydrogen-bond donors (Lipinski definition) is 3. The van der Waals surface area contributed by atoms with Gasteiger partial charge in [0.2, 0.25) is 5.91 Å². The van der Waals surface area contributed by atoms with E-state index in [-0.39, 0.29) is 19.1 Å². The van der Waals surface area contributed by atoms with Gasteiger partial charge in [-0.25, -0.2) is 4.57 Å². The highest BCUT2D eigenvalue weighted by Crippen LogP contribution is 2.43. The minimum Gasteiger partial charge on any atom is -0.391 e. The molecule has 9 heteroatoms. The number of aliphatic hydroxyl groups excluding tert-OH is 1. The normalized spacial score (nSPS) is 14.2. The van der Waals surface area contributed by atoms with E-state index >= 15 is 0 Å². The van der Waals surface area contributed by atoms with Gasteiger partial charge in [0.05, 0.1) is 39.9 Å². The maximum Gasteiger partial charge on any atom is 0.472 e.